The molecular weight excluding hydrogens is 361 g/mol. The lowest BCUT2D eigenvalue weighted by molar-refractivity contribution is -0.276. The van der Waals surface area contributed by atoms with E-state index in [1.165, 1.54) is 13.2 Å². The Morgan fingerprint density at radius 2 is 2.12 bits per heavy atom. The van der Waals surface area contributed by atoms with E-state index in [-0.39, 0.29) is 17.3 Å². The van der Waals surface area contributed by atoms with Crippen LogP contribution in [-0.2, 0) is 5.88 Å². The van der Waals surface area contributed by atoms with Gasteiger partial charge in [0.25, 0.3) is 0 Å². The van der Waals surface area contributed by atoms with Gasteiger partial charge in [-0.05, 0) is 22.6 Å². The van der Waals surface area contributed by atoms with Gasteiger partial charge in [0.05, 0.1) is 13.0 Å². The highest BCUT2D eigenvalue weighted by Gasteiger charge is 2.33. The van der Waals surface area contributed by atoms with Gasteiger partial charge in [0.1, 0.15) is 0 Å². The Kier molecular flexibility index (Phi) is 4.48. The first-order valence-corrected chi connectivity index (χ1v) is 5.54. The summed E-state index contributed by atoms with van der Waals surface area (Å²) in [6.45, 7) is 0. The fraction of sp³-hybridized carbons (Fsp3) is 0.375. The Morgan fingerprint density at radius 1 is 1.50 bits per heavy atom. The maximum atomic E-state index is 12.1. The zero-order valence-corrected chi connectivity index (χ0v) is 10.9. The number of hydrogen-bond donors (Lipinski definition) is 0. The molecule has 0 amide bonds. The van der Waals surface area contributed by atoms with Crippen LogP contribution in [0.4, 0.5) is 13.2 Å². The SMILES string of the molecule is COc1cc(I)c(CCl)c(OC(F)(F)F)n1. The lowest BCUT2D eigenvalue weighted by Crippen LogP contribution is -2.19. The van der Waals surface area contributed by atoms with Crippen LogP contribution >= 0.6 is 34.2 Å². The van der Waals surface area contributed by atoms with E-state index in [1.54, 1.807) is 0 Å². The molecule has 0 fully saturated rings. The van der Waals surface area contributed by atoms with E-state index in [2.05, 4.69) is 9.72 Å². The number of alkyl halides is 4. The number of pyridine rings is 1. The van der Waals surface area contributed by atoms with Gasteiger partial charge in [-0.25, -0.2) is 0 Å². The second-order valence-corrected chi connectivity index (χ2v) is 4.04. The molecule has 0 aliphatic heterocycles. The molecular formula is C8H6ClF3INO2. The van der Waals surface area contributed by atoms with Crippen LogP contribution in [0.15, 0.2) is 6.07 Å². The third kappa shape index (κ3) is 3.55. The minimum atomic E-state index is -4.80. The van der Waals surface area contributed by atoms with Gasteiger partial charge in [0.2, 0.25) is 11.8 Å². The lowest BCUT2D eigenvalue weighted by Gasteiger charge is -2.13. The maximum Gasteiger partial charge on any atom is 0.574 e. The predicted molar refractivity (Wildman–Crippen MR) is 59.7 cm³/mol. The first-order valence-electron chi connectivity index (χ1n) is 3.92. The summed E-state index contributed by atoms with van der Waals surface area (Å²) < 4.78 is 45.2. The summed E-state index contributed by atoms with van der Waals surface area (Å²) in [6, 6.07) is 1.47. The van der Waals surface area contributed by atoms with Crippen LogP contribution < -0.4 is 9.47 Å². The van der Waals surface area contributed by atoms with E-state index in [1.807, 2.05) is 22.6 Å². The summed E-state index contributed by atoms with van der Waals surface area (Å²) in [5, 5.41) is 0. The number of methoxy groups -OCH3 is 1. The maximum absolute atomic E-state index is 12.1. The first kappa shape index (κ1) is 13.6. The highest BCUT2D eigenvalue weighted by molar-refractivity contribution is 14.1. The quantitative estimate of drug-likeness (QED) is 0.607. The zero-order valence-electron chi connectivity index (χ0n) is 7.94. The van der Waals surface area contributed by atoms with Gasteiger partial charge in [0, 0.05) is 15.2 Å². The fourth-order valence-electron chi connectivity index (χ4n) is 0.917. The molecule has 16 heavy (non-hydrogen) atoms. The summed E-state index contributed by atoms with van der Waals surface area (Å²) in [7, 11) is 1.30. The smallest absolute Gasteiger partial charge is 0.481 e. The van der Waals surface area contributed by atoms with Gasteiger partial charge in [-0.2, -0.15) is 4.98 Å². The summed E-state index contributed by atoms with van der Waals surface area (Å²) in [5.74, 6) is -0.663. The van der Waals surface area contributed by atoms with Gasteiger partial charge in [-0.3, -0.25) is 0 Å². The topological polar surface area (TPSA) is 31.4 Å². The second kappa shape index (κ2) is 5.26. The van der Waals surface area contributed by atoms with Gasteiger partial charge >= 0.3 is 6.36 Å². The summed E-state index contributed by atoms with van der Waals surface area (Å²) in [5.41, 5.74) is 0.181. The van der Waals surface area contributed by atoms with Crippen LogP contribution in [0.5, 0.6) is 11.8 Å². The van der Waals surface area contributed by atoms with Gasteiger partial charge in [-0.15, -0.1) is 24.8 Å². The molecule has 0 aliphatic carbocycles. The summed E-state index contributed by atoms with van der Waals surface area (Å²) in [6.07, 6.45) is -4.80. The van der Waals surface area contributed by atoms with E-state index in [9.17, 15) is 13.2 Å². The van der Waals surface area contributed by atoms with Gasteiger partial charge < -0.3 is 9.47 Å². The monoisotopic (exact) mass is 367 g/mol. The standard InChI is InChI=1S/C8H6ClF3INO2/c1-15-6-2-5(13)4(3-9)7(14-6)16-8(10,11)12/h2H,3H2,1H3. The highest BCUT2D eigenvalue weighted by atomic mass is 127. The average molecular weight is 367 g/mol. The van der Waals surface area contributed by atoms with Crippen molar-refractivity contribution in [3.05, 3.63) is 15.2 Å². The van der Waals surface area contributed by atoms with Crippen molar-refractivity contribution in [1.29, 1.82) is 0 Å². The molecule has 0 bridgehead atoms. The Balaban J connectivity index is 3.18. The summed E-state index contributed by atoms with van der Waals surface area (Å²) >= 11 is 7.36. The number of nitrogens with zero attached hydrogens (tertiary/aromatic N) is 1. The van der Waals surface area contributed by atoms with Crippen LogP contribution in [0.2, 0.25) is 0 Å². The van der Waals surface area contributed by atoms with Crippen LogP contribution in [0.1, 0.15) is 5.56 Å². The van der Waals surface area contributed by atoms with Gasteiger partial charge in [-0.1, -0.05) is 0 Å². The van der Waals surface area contributed by atoms with Crippen molar-refractivity contribution in [3.8, 4) is 11.8 Å². The first-order chi connectivity index (χ1) is 7.37. The van der Waals surface area contributed by atoms with E-state index in [0.29, 0.717) is 3.57 Å². The molecule has 0 saturated carbocycles. The third-order valence-electron chi connectivity index (χ3n) is 1.56. The van der Waals surface area contributed by atoms with Crippen molar-refractivity contribution >= 4 is 34.2 Å². The second-order valence-electron chi connectivity index (χ2n) is 2.61. The molecule has 0 N–H and O–H groups in total. The third-order valence-corrected chi connectivity index (χ3v) is 2.79. The van der Waals surface area contributed by atoms with E-state index in [0.717, 1.165) is 0 Å². The minimum Gasteiger partial charge on any atom is -0.481 e. The fourth-order valence-corrected chi connectivity index (χ4v) is 2.09. The Labute approximate surface area is 108 Å². The molecule has 0 aromatic carbocycles. The van der Waals surface area contributed by atoms with Crippen molar-refractivity contribution in [3.63, 3.8) is 0 Å². The normalized spacial score (nSPS) is 11.4. The molecule has 1 rings (SSSR count). The molecule has 0 radical (unpaired) electrons. The molecule has 0 saturated heterocycles. The lowest BCUT2D eigenvalue weighted by atomic mass is 10.3. The van der Waals surface area contributed by atoms with Crippen molar-refractivity contribution in [2.45, 2.75) is 12.2 Å². The van der Waals surface area contributed by atoms with E-state index >= 15 is 0 Å². The number of aromatic nitrogens is 1. The molecule has 8 heteroatoms. The average Bonchev–Trinajstić information content (AvgIpc) is 2.14. The van der Waals surface area contributed by atoms with Crippen molar-refractivity contribution < 1.29 is 22.6 Å². The van der Waals surface area contributed by atoms with Crippen LogP contribution in [0, 0.1) is 3.57 Å². The van der Waals surface area contributed by atoms with Crippen LogP contribution in [0.3, 0.4) is 0 Å². The molecule has 0 spiro atoms. The Morgan fingerprint density at radius 3 is 2.56 bits per heavy atom. The Bertz CT molecular complexity index is 386. The number of ether oxygens (including phenoxy) is 2. The number of halogens is 5. The van der Waals surface area contributed by atoms with Crippen LogP contribution in [-0.4, -0.2) is 18.5 Å². The van der Waals surface area contributed by atoms with Crippen LogP contribution in [0.25, 0.3) is 0 Å². The zero-order chi connectivity index (χ0) is 12.3. The van der Waals surface area contributed by atoms with Crippen molar-refractivity contribution in [2.24, 2.45) is 0 Å². The van der Waals surface area contributed by atoms with Crippen molar-refractivity contribution in [1.82, 2.24) is 4.98 Å². The number of rotatable bonds is 3. The summed E-state index contributed by atoms with van der Waals surface area (Å²) in [4.78, 5) is 3.55. The molecule has 0 unspecified atom stereocenters. The molecule has 1 aromatic heterocycles. The largest absolute Gasteiger partial charge is 0.574 e. The van der Waals surface area contributed by atoms with Gasteiger partial charge in [0.15, 0.2) is 0 Å². The molecule has 0 atom stereocenters. The molecule has 3 nitrogen and oxygen atoms in total. The number of hydrogen-bond acceptors (Lipinski definition) is 3. The predicted octanol–water partition coefficient (Wildman–Crippen LogP) is 3.33. The molecule has 1 heterocycles. The minimum absolute atomic E-state index is 0.0394. The molecule has 0 aliphatic rings. The van der Waals surface area contributed by atoms with E-state index in [4.69, 9.17) is 16.3 Å². The van der Waals surface area contributed by atoms with Crippen molar-refractivity contribution in [2.75, 3.05) is 7.11 Å². The highest BCUT2D eigenvalue weighted by Crippen LogP contribution is 2.31. The molecule has 90 valence electrons. The molecule has 1 aromatic rings. The van der Waals surface area contributed by atoms with E-state index < -0.39 is 12.2 Å². The Hall–Kier alpha value is -0.440.